The highest BCUT2D eigenvalue weighted by atomic mass is 16.5. The third-order valence-corrected chi connectivity index (χ3v) is 4.47. The molecule has 0 aliphatic heterocycles. The summed E-state index contributed by atoms with van der Waals surface area (Å²) in [6, 6.07) is 23.6. The van der Waals surface area contributed by atoms with Crippen molar-refractivity contribution >= 4 is 23.7 Å². The molecule has 0 bridgehead atoms. The number of carbonyl (C=O) groups excluding carboxylic acids is 2. The van der Waals surface area contributed by atoms with Crippen LogP contribution in [0.3, 0.4) is 0 Å². The monoisotopic (exact) mass is 401 g/mol. The summed E-state index contributed by atoms with van der Waals surface area (Å²) in [6.45, 7) is 1.74. The second kappa shape index (κ2) is 10.0. The lowest BCUT2D eigenvalue weighted by Gasteiger charge is -2.23. The molecular weight excluding hydrogens is 378 g/mol. The topological polar surface area (TPSA) is 71.0 Å². The molecule has 0 aromatic heterocycles. The van der Waals surface area contributed by atoms with Gasteiger partial charge < -0.3 is 4.74 Å². The van der Waals surface area contributed by atoms with Crippen LogP contribution in [0, 0.1) is 6.92 Å². The summed E-state index contributed by atoms with van der Waals surface area (Å²) in [5.74, 6) is 0.0444. The molecule has 0 saturated heterocycles. The van der Waals surface area contributed by atoms with Crippen LogP contribution in [0.25, 0.3) is 0 Å². The van der Waals surface area contributed by atoms with Gasteiger partial charge in [0.2, 0.25) is 0 Å². The van der Waals surface area contributed by atoms with Gasteiger partial charge in [-0.2, -0.15) is 5.10 Å². The van der Waals surface area contributed by atoms with E-state index in [0.717, 1.165) is 11.1 Å². The second-order valence-electron chi connectivity index (χ2n) is 6.61. The maximum atomic E-state index is 13.1. The molecule has 0 aliphatic rings. The highest BCUT2D eigenvalue weighted by Crippen LogP contribution is 2.21. The minimum absolute atomic E-state index is 0.159. The van der Waals surface area contributed by atoms with Crippen molar-refractivity contribution in [3.8, 4) is 5.75 Å². The molecular formula is C24H23N3O3. The molecule has 3 aromatic rings. The van der Waals surface area contributed by atoms with Gasteiger partial charge in [0.25, 0.3) is 11.8 Å². The van der Waals surface area contributed by atoms with E-state index in [-0.39, 0.29) is 12.5 Å². The number of hydrazone groups is 1. The molecule has 0 fully saturated rings. The zero-order valence-corrected chi connectivity index (χ0v) is 16.9. The molecule has 3 aromatic carbocycles. The number of rotatable bonds is 7. The number of nitrogens with zero attached hydrogens (tertiary/aromatic N) is 2. The van der Waals surface area contributed by atoms with Crippen LogP contribution >= 0.6 is 0 Å². The van der Waals surface area contributed by atoms with Gasteiger partial charge in [0.05, 0.1) is 13.3 Å². The third kappa shape index (κ3) is 5.32. The van der Waals surface area contributed by atoms with Crippen LogP contribution in [-0.4, -0.2) is 31.7 Å². The van der Waals surface area contributed by atoms with Crippen molar-refractivity contribution in [3.05, 3.63) is 95.6 Å². The SMILES string of the molecule is COc1cccc(/C=N/NC(=O)CN(C(=O)c2ccccc2)c2ccccc2C)c1. The van der Waals surface area contributed by atoms with E-state index < -0.39 is 5.91 Å². The van der Waals surface area contributed by atoms with Crippen LogP contribution in [0.2, 0.25) is 0 Å². The average molecular weight is 401 g/mol. The molecule has 0 saturated carbocycles. The number of carbonyl (C=O) groups is 2. The smallest absolute Gasteiger partial charge is 0.260 e. The minimum atomic E-state index is -0.401. The largest absolute Gasteiger partial charge is 0.497 e. The Morgan fingerprint density at radius 1 is 1.00 bits per heavy atom. The molecule has 1 N–H and O–H groups in total. The van der Waals surface area contributed by atoms with Crippen molar-refractivity contribution < 1.29 is 14.3 Å². The molecule has 0 aliphatic carbocycles. The van der Waals surface area contributed by atoms with E-state index in [1.807, 2.05) is 55.5 Å². The number of methoxy groups -OCH3 is 1. The average Bonchev–Trinajstić information content (AvgIpc) is 2.78. The summed E-state index contributed by atoms with van der Waals surface area (Å²) in [7, 11) is 1.59. The van der Waals surface area contributed by atoms with Gasteiger partial charge in [0.1, 0.15) is 12.3 Å². The molecule has 6 heteroatoms. The van der Waals surface area contributed by atoms with Crippen LogP contribution in [0.1, 0.15) is 21.5 Å². The molecule has 0 spiro atoms. The predicted molar refractivity (Wildman–Crippen MR) is 118 cm³/mol. The zero-order chi connectivity index (χ0) is 21.3. The zero-order valence-electron chi connectivity index (χ0n) is 16.9. The molecule has 0 heterocycles. The summed E-state index contributed by atoms with van der Waals surface area (Å²) >= 11 is 0. The van der Waals surface area contributed by atoms with Crippen molar-refractivity contribution in [3.63, 3.8) is 0 Å². The first-order valence-corrected chi connectivity index (χ1v) is 9.47. The molecule has 0 atom stereocenters. The summed E-state index contributed by atoms with van der Waals surface area (Å²) in [6.07, 6.45) is 1.53. The number of benzene rings is 3. The number of aryl methyl sites for hydroxylation is 1. The van der Waals surface area contributed by atoms with Crippen LogP contribution in [0.15, 0.2) is 84.0 Å². The molecule has 0 unspecified atom stereocenters. The highest BCUT2D eigenvalue weighted by molar-refractivity contribution is 6.09. The lowest BCUT2D eigenvalue weighted by molar-refractivity contribution is -0.119. The normalized spacial score (nSPS) is 10.6. The summed E-state index contributed by atoms with van der Waals surface area (Å²) in [5, 5.41) is 4.00. The van der Waals surface area contributed by atoms with Crippen molar-refractivity contribution in [2.45, 2.75) is 6.92 Å². The Balaban J connectivity index is 1.75. The van der Waals surface area contributed by atoms with Crippen molar-refractivity contribution in [1.29, 1.82) is 0 Å². The second-order valence-corrected chi connectivity index (χ2v) is 6.61. The third-order valence-electron chi connectivity index (χ3n) is 4.47. The Morgan fingerprint density at radius 3 is 2.47 bits per heavy atom. The fourth-order valence-corrected chi connectivity index (χ4v) is 2.95. The van der Waals surface area contributed by atoms with Gasteiger partial charge in [-0.15, -0.1) is 0 Å². The molecule has 152 valence electrons. The van der Waals surface area contributed by atoms with E-state index in [1.165, 1.54) is 11.1 Å². The van der Waals surface area contributed by atoms with Crippen LogP contribution in [0.4, 0.5) is 5.69 Å². The maximum absolute atomic E-state index is 13.1. The van der Waals surface area contributed by atoms with Crippen LogP contribution in [0.5, 0.6) is 5.75 Å². The fraction of sp³-hybridized carbons (Fsp3) is 0.125. The number of ether oxygens (including phenoxy) is 1. The van der Waals surface area contributed by atoms with Gasteiger partial charge in [-0.3, -0.25) is 14.5 Å². The Bertz CT molecular complexity index is 1050. The number of hydrogen-bond acceptors (Lipinski definition) is 4. The van der Waals surface area contributed by atoms with Crippen molar-refractivity contribution in [2.24, 2.45) is 5.10 Å². The minimum Gasteiger partial charge on any atom is -0.497 e. The Labute approximate surface area is 175 Å². The molecule has 3 rings (SSSR count). The standard InChI is InChI=1S/C24H23N3O3/c1-18-9-6-7-14-22(18)27(24(29)20-11-4-3-5-12-20)17-23(28)26-25-16-19-10-8-13-21(15-19)30-2/h3-16H,17H2,1-2H3,(H,26,28)/b25-16+. The number of nitrogens with one attached hydrogen (secondary N) is 1. The number of hydrogen-bond donors (Lipinski definition) is 1. The van der Waals surface area contributed by atoms with Gasteiger partial charge in [-0.05, 0) is 48.4 Å². The van der Waals surface area contributed by atoms with Crippen LogP contribution < -0.4 is 15.1 Å². The highest BCUT2D eigenvalue weighted by Gasteiger charge is 2.21. The first-order chi connectivity index (χ1) is 14.6. The van der Waals surface area contributed by atoms with Crippen molar-refractivity contribution in [1.82, 2.24) is 5.43 Å². The van der Waals surface area contributed by atoms with Crippen molar-refractivity contribution in [2.75, 3.05) is 18.6 Å². The van der Waals surface area contributed by atoms with E-state index in [2.05, 4.69) is 10.5 Å². The first-order valence-electron chi connectivity index (χ1n) is 9.47. The van der Waals surface area contributed by atoms with E-state index in [1.54, 1.807) is 37.4 Å². The van der Waals surface area contributed by atoms with Gasteiger partial charge >= 0.3 is 0 Å². The van der Waals surface area contributed by atoms with Gasteiger partial charge in [-0.25, -0.2) is 5.43 Å². The molecule has 2 amide bonds. The maximum Gasteiger partial charge on any atom is 0.260 e. The summed E-state index contributed by atoms with van der Waals surface area (Å²) in [4.78, 5) is 27.1. The lowest BCUT2D eigenvalue weighted by atomic mass is 10.1. The van der Waals surface area contributed by atoms with E-state index in [0.29, 0.717) is 17.0 Å². The number of para-hydroxylation sites is 1. The number of amides is 2. The number of anilines is 1. The Morgan fingerprint density at radius 2 is 1.73 bits per heavy atom. The van der Waals surface area contributed by atoms with Gasteiger partial charge in [0.15, 0.2) is 0 Å². The summed E-state index contributed by atoms with van der Waals surface area (Å²) < 4.78 is 5.17. The Hall–Kier alpha value is -3.93. The lowest BCUT2D eigenvalue weighted by Crippen LogP contribution is -2.40. The molecule has 0 radical (unpaired) electrons. The predicted octanol–water partition coefficient (Wildman–Crippen LogP) is 3.80. The van der Waals surface area contributed by atoms with Gasteiger partial charge in [-0.1, -0.05) is 48.5 Å². The molecule has 6 nitrogen and oxygen atoms in total. The van der Waals surface area contributed by atoms with Gasteiger partial charge in [0, 0.05) is 11.3 Å². The fourth-order valence-electron chi connectivity index (χ4n) is 2.95. The first kappa shape index (κ1) is 20.8. The quantitative estimate of drug-likeness (QED) is 0.484. The Kier molecular flexibility index (Phi) is 6.95. The van der Waals surface area contributed by atoms with E-state index in [4.69, 9.17) is 4.74 Å². The van der Waals surface area contributed by atoms with E-state index in [9.17, 15) is 9.59 Å². The van der Waals surface area contributed by atoms with E-state index >= 15 is 0 Å². The molecule has 30 heavy (non-hydrogen) atoms. The van der Waals surface area contributed by atoms with Crippen LogP contribution in [-0.2, 0) is 4.79 Å². The summed E-state index contributed by atoms with van der Waals surface area (Å²) in [5.41, 5.74) is 5.36.